The normalized spacial score (nSPS) is 22.6. The zero-order chi connectivity index (χ0) is 12.6. The Labute approximate surface area is 111 Å². The van der Waals surface area contributed by atoms with Crippen molar-refractivity contribution in [2.75, 3.05) is 19.6 Å². The van der Waals surface area contributed by atoms with Crippen molar-refractivity contribution in [1.29, 1.82) is 0 Å². The van der Waals surface area contributed by atoms with Gasteiger partial charge in [-0.05, 0) is 25.2 Å². The SMILES string of the molecule is O=C(NCCC1CCCCC1)N1CCCCCC1. The number of hydrogen-bond donors (Lipinski definition) is 1. The van der Waals surface area contributed by atoms with Crippen molar-refractivity contribution in [3.63, 3.8) is 0 Å². The zero-order valence-corrected chi connectivity index (χ0v) is 11.6. The van der Waals surface area contributed by atoms with E-state index in [9.17, 15) is 4.79 Å². The maximum Gasteiger partial charge on any atom is 0.317 e. The second-order valence-electron chi connectivity index (χ2n) is 5.93. The molecule has 0 radical (unpaired) electrons. The fraction of sp³-hybridized carbons (Fsp3) is 0.933. The summed E-state index contributed by atoms with van der Waals surface area (Å²) in [5, 5.41) is 3.11. The Morgan fingerprint density at radius 3 is 2.22 bits per heavy atom. The van der Waals surface area contributed by atoms with Gasteiger partial charge in [-0.1, -0.05) is 44.9 Å². The van der Waals surface area contributed by atoms with Crippen LogP contribution in [0.15, 0.2) is 0 Å². The second-order valence-corrected chi connectivity index (χ2v) is 5.93. The Morgan fingerprint density at radius 2 is 1.56 bits per heavy atom. The summed E-state index contributed by atoms with van der Waals surface area (Å²) in [7, 11) is 0. The molecule has 2 rings (SSSR count). The van der Waals surface area contributed by atoms with Crippen LogP contribution in [0, 0.1) is 5.92 Å². The third-order valence-corrected chi connectivity index (χ3v) is 4.45. The highest BCUT2D eigenvalue weighted by atomic mass is 16.2. The number of rotatable bonds is 3. The van der Waals surface area contributed by atoms with Gasteiger partial charge in [0.05, 0.1) is 0 Å². The summed E-state index contributed by atoms with van der Waals surface area (Å²) >= 11 is 0. The molecule has 3 heteroatoms. The summed E-state index contributed by atoms with van der Waals surface area (Å²) in [6.07, 6.45) is 13.1. The molecule has 2 fully saturated rings. The quantitative estimate of drug-likeness (QED) is 0.818. The van der Waals surface area contributed by atoms with E-state index in [1.165, 1.54) is 64.2 Å². The largest absolute Gasteiger partial charge is 0.338 e. The molecule has 2 aliphatic rings. The maximum absolute atomic E-state index is 12.0. The Kier molecular flexibility index (Phi) is 5.82. The Bertz CT molecular complexity index is 241. The van der Waals surface area contributed by atoms with Crippen molar-refractivity contribution < 1.29 is 4.79 Å². The van der Waals surface area contributed by atoms with Crippen LogP contribution in [0.4, 0.5) is 4.79 Å². The van der Waals surface area contributed by atoms with E-state index in [1.807, 2.05) is 4.90 Å². The van der Waals surface area contributed by atoms with Gasteiger partial charge in [-0.15, -0.1) is 0 Å². The van der Waals surface area contributed by atoms with E-state index in [2.05, 4.69) is 5.32 Å². The monoisotopic (exact) mass is 252 g/mol. The average molecular weight is 252 g/mol. The highest BCUT2D eigenvalue weighted by molar-refractivity contribution is 5.74. The highest BCUT2D eigenvalue weighted by Gasteiger charge is 2.16. The van der Waals surface area contributed by atoms with Crippen molar-refractivity contribution >= 4 is 6.03 Å². The summed E-state index contributed by atoms with van der Waals surface area (Å²) in [6, 6.07) is 0.174. The van der Waals surface area contributed by atoms with Crippen molar-refractivity contribution in [2.24, 2.45) is 5.92 Å². The van der Waals surface area contributed by atoms with Crippen LogP contribution in [0.25, 0.3) is 0 Å². The topological polar surface area (TPSA) is 32.3 Å². The summed E-state index contributed by atoms with van der Waals surface area (Å²) in [5.41, 5.74) is 0. The highest BCUT2D eigenvalue weighted by Crippen LogP contribution is 2.25. The predicted molar refractivity (Wildman–Crippen MR) is 74.6 cm³/mol. The fourth-order valence-electron chi connectivity index (χ4n) is 3.24. The number of likely N-dealkylation sites (tertiary alicyclic amines) is 1. The lowest BCUT2D eigenvalue weighted by Crippen LogP contribution is -2.41. The van der Waals surface area contributed by atoms with E-state index in [0.717, 1.165) is 25.6 Å². The van der Waals surface area contributed by atoms with Gasteiger partial charge in [-0.25, -0.2) is 4.79 Å². The predicted octanol–water partition coefficient (Wildman–Crippen LogP) is 3.54. The molecule has 1 heterocycles. The van der Waals surface area contributed by atoms with Gasteiger partial charge in [0.1, 0.15) is 0 Å². The first kappa shape index (κ1) is 13.7. The van der Waals surface area contributed by atoms with Crippen LogP contribution < -0.4 is 5.32 Å². The molecule has 0 spiro atoms. The van der Waals surface area contributed by atoms with E-state index in [1.54, 1.807) is 0 Å². The summed E-state index contributed by atoms with van der Waals surface area (Å²) in [5.74, 6) is 0.864. The first-order valence-electron chi connectivity index (χ1n) is 7.89. The molecule has 1 saturated heterocycles. The minimum atomic E-state index is 0.174. The number of nitrogens with zero attached hydrogens (tertiary/aromatic N) is 1. The first-order valence-corrected chi connectivity index (χ1v) is 7.89. The number of carbonyl (C=O) groups excluding carboxylic acids is 1. The molecular weight excluding hydrogens is 224 g/mol. The average Bonchev–Trinajstić information content (AvgIpc) is 2.69. The van der Waals surface area contributed by atoms with Gasteiger partial charge in [0.2, 0.25) is 0 Å². The molecule has 3 nitrogen and oxygen atoms in total. The van der Waals surface area contributed by atoms with Gasteiger partial charge in [0, 0.05) is 19.6 Å². The van der Waals surface area contributed by atoms with E-state index >= 15 is 0 Å². The van der Waals surface area contributed by atoms with Crippen molar-refractivity contribution in [3.8, 4) is 0 Å². The maximum atomic E-state index is 12.0. The van der Waals surface area contributed by atoms with E-state index in [4.69, 9.17) is 0 Å². The van der Waals surface area contributed by atoms with Gasteiger partial charge >= 0.3 is 6.03 Å². The molecule has 104 valence electrons. The van der Waals surface area contributed by atoms with E-state index in [0.29, 0.717) is 0 Å². The minimum absolute atomic E-state index is 0.174. The Morgan fingerprint density at radius 1 is 0.944 bits per heavy atom. The molecule has 1 aliphatic heterocycles. The third kappa shape index (κ3) is 4.51. The van der Waals surface area contributed by atoms with Gasteiger partial charge in [0.15, 0.2) is 0 Å². The number of urea groups is 1. The second kappa shape index (κ2) is 7.65. The van der Waals surface area contributed by atoms with Crippen LogP contribution in [0.5, 0.6) is 0 Å². The number of nitrogens with one attached hydrogen (secondary N) is 1. The number of hydrogen-bond acceptors (Lipinski definition) is 1. The lowest BCUT2D eigenvalue weighted by atomic mass is 9.87. The standard InChI is InChI=1S/C15H28N2O/c18-15(17-12-6-1-2-7-13-17)16-11-10-14-8-4-3-5-9-14/h14H,1-13H2,(H,16,18). The molecule has 0 aromatic heterocycles. The zero-order valence-electron chi connectivity index (χ0n) is 11.6. The van der Waals surface area contributed by atoms with Gasteiger partial charge in [-0.2, -0.15) is 0 Å². The van der Waals surface area contributed by atoms with Crippen LogP contribution in [-0.2, 0) is 0 Å². The third-order valence-electron chi connectivity index (χ3n) is 4.45. The van der Waals surface area contributed by atoms with Gasteiger partial charge in [0.25, 0.3) is 0 Å². The Hall–Kier alpha value is -0.730. The minimum Gasteiger partial charge on any atom is -0.338 e. The van der Waals surface area contributed by atoms with Crippen molar-refractivity contribution in [3.05, 3.63) is 0 Å². The molecule has 0 bridgehead atoms. The molecule has 0 atom stereocenters. The lowest BCUT2D eigenvalue weighted by molar-refractivity contribution is 0.198. The summed E-state index contributed by atoms with van der Waals surface area (Å²) < 4.78 is 0. The van der Waals surface area contributed by atoms with E-state index < -0.39 is 0 Å². The number of amides is 2. The van der Waals surface area contributed by atoms with Crippen molar-refractivity contribution in [1.82, 2.24) is 10.2 Å². The van der Waals surface area contributed by atoms with Gasteiger partial charge in [-0.3, -0.25) is 0 Å². The molecular formula is C15H28N2O. The molecule has 0 aromatic carbocycles. The molecule has 1 saturated carbocycles. The van der Waals surface area contributed by atoms with Crippen LogP contribution in [0.1, 0.15) is 64.2 Å². The fourth-order valence-corrected chi connectivity index (χ4v) is 3.24. The summed E-state index contributed by atoms with van der Waals surface area (Å²) in [4.78, 5) is 14.0. The smallest absolute Gasteiger partial charge is 0.317 e. The number of carbonyl (C=O) groups is 1. The lowest BCUT2D eigenvalue weighted by Gasteiger charge is -2.24. The van der Waals surface area contributed by atoms with Gasteiger partial charge < -0.3 is 10.2 Å². The molecule has 18 heavy (non-hydrogen) atoms. The van der Waals surface area contributed by atoms with Crippen LogP contribution >= 0.6 is 0 Å². The molecule has 0 unspecified atom stereocenters. The van der Waals surface area contributed by atoms with Crippen LogP contribution in [0.3, 0.4) is 0 Å². The Balaban J connectivity index is 1.61. The summed E-state index contributed by atoms with van der Waals surface area (Å²) in [6.45, 7) is 2.78. The van der Waals surface area contributed by atoms with Crippen molar-refractivity contribution in [2.45, 2.75) is 64.2 Å². The molecule has 0 aromatic rings. The molecule has 1 N–H and O–H groups in total. The van der Waals surface area contributed by atoms with Crippen LogP contribution in [0.2, 0.25) is 0 Å². The van der Waals surface area contributed by atoms with E-state index in [-0.39, 0.29) is 6.03 Å². The molecule has 2 amide bonds. The van der Waals surface area contributed by atoms with Crippen LogP contribution in [-0.4, -0.2) is 30.6 Å². The molecule has 1 aliphatic carbocycles. The first-order chi connectivity index (χ1) is 8.86.